The van der Waals surface area contributed by atoms with Gasteiger partial charge in [-0.05, 0) is 25.3 Å². The van der Waals surface area contributed by atoms with Crippen LogP contribution in [0.25, 0.3) is 0 Å². The fourth-order valence-electron chi connectivity index (χ4n) is 1.75. The Morgan fingerprint density at radius 2 is 2.46 bits per heavy atom. The van der Waals surface area contributed by atoms with Gasteiger partial charge in [0.25, 0.3) is 0 Å². The minimum Gasteiger partial charge on any atom is -0.386 e. The summed E-state index contributed by atoms with van der Waals surface area (Å²) in [5.41, 5.74) is 0.923. The van der Waals surface area contributed by atoms with E-state index in [9.17, 15) is 5.11 Å². The molecule has 1 aliphatic rings. The molecule has 1 saturated heterocycles. The lowest BCUT2D eigenvalue weighted by Gasteiger charge is -2.26. The molecule has 3 nitrogen and oxygen atoms in total. The third-order valence-corrected chi connectivity index (χ3v) is 2.53. The number of rotatable bonds is 2. The molecule has 72 valence electrons. The van der Waals surface area contributed by atoms with Crippen LogP contribution in [-0.4, -0.2) is 22.8 Å². The first-order valence-corrected chi connectivity index (χ1v) is 4.80. The van der Waals surface area contributed by atoms with Crippen molar-refractivity contribution in [1.82, 2.24) is 4.98 Å². The summed E-state index contributed by atoms with van der Waals surface area (Å²) >= 11 is 0. The highest BCUT2D eigenvalue weighted by Gasteiger charge is 2.23. The molecule has 2 unspecified atom stereocenters. The molecule has 13 heavy (non-hydrogen) atoms. The zero-order valence-electron chi connectivity index (χ0n) is 7.57. The summed E-state index contributed by atoms with van der Waals surface area (Å²) in [7, 11) is 0. The van der Waals surface area contributed by atoms with Crippen LogP contribution in [0, 0.1) is 0 Å². The number of aromatic amines is 1. The minimum atomic E-state index is -0.466. The van der Waals surface area contributed by atoms with E-state index in [2.05, 4.69) is 4.98 Å². The molecule has 0 spiro atoms. The number of aliphatic hydroxyl groups is 1. The average molecular weight is 181 g/mol. The summed E-state index contributed by atoms with van der Waals surface area (Å²) in [4.78, 5) is 2.93. The van der Waals surface area contributed by atoms with Crippen LogP contribution in [0.2, 0.25) is 0 Å². The van der Waals surface area contributed by atoms with Crippen molar-refractivity contribution in [2.75, 3.05) is 6.61 Å². The van der Waals surface area contributed by atoms with E-state index in [1.165, 1.54) is 0 Å². The summed E-state index contributed by atoms with van der Waals surface area (Å²) in [5, 5.41) is 9.89. The van der Waals surface area contributed by atoms with Gasteiger partial charge >= 0.3 is 0 Å². The maximum Gasteiger partial charge on any atom is 0.107 e. The summed E-state index contributed by atoms with van der Waals surface area (Å²) < 4.78 is 5.50. The molecule has 1 fully saturated rings. The lowest BCUT2D eigenvalue weighted by atomic mass is 10.0. The van der Waals surface area contributed by atoms with Gasteiger partial charge in [-0.3, -0.25) is 0 Å². The van der Waals surface area contributed by atoms with Crippen molar-refractivity contribution in [3.05, 3.63) is 24.0 Å². The smallest absolute Gasteiger partial charge is 0.107 e. The summed E-state index contributed by atoms with van der Waals surface area (Å²) in [6.07, 6.45) is 6.41. The zero-order valence-corrected chi connectivity index (χ0v) is 7.57. The topological polar surface area (TPSA) is 45.2 Å². The fraction of sp³-hybridized carbons (Fsp3) is 0.600. The van der Waals surface area contributed by atoms with Crippen LogP contribution in [0.1, 0.15) is 30.9 Å². The number of nitrogens with one attached hydrogen (secondary N) is 1. The molecule has 2 heterocycles. The lowest BCUT2D eigenvalue weighted by Crippen LogP contribution is -2.26. The van der Waals surface area contributed by atoms with E-state index in [0.717, 1.165) is 31.4 Å². The largest absolute Gasteiger partial charge is 0.386 e. The Kier molecular flexibility index (Phi) is 2.66. The quantitative estimate of drug-likeness (QED) is 0.728. The van der Waals surface area contributed by atoms with Crippen molar-refractivity contribution in [1.29, 1.82) is 0 Å². The van der Waals surface area contributed by atoms with E-state index >= 15 is 0 Å². The van der Waals surface area contributed by atoms with Crippen LogP contribution in [0.4, 0.5) is 0 Å². The molecule has 0 aromatic carbocycles. The highest BCUT2D eigenvalue weighted by atomic mass is 16.5. The SMILES string of the molecule is OC(c1cc[nH]c1)C1CCCCO1. The van der Waals surface area contributed by atoms with Gasteiger partial charge in [-0.2, -0.15) is 0 Å². The number of hydrogen-bond acceptors (Lipinski definition) is 2. The summed E-state index contributed by atoms with van der Waals surface area (Å²) in [6.45, 7) is 0.784. The number of aromatic nitrogens is 1. The van der Waals surface area contributed by atoms with Gasteiger partial charge in [0.2, 0.25) is 0 Å². The molecule has 1 aromatic rings. The molecular formula is C10H15NO2. The predicted molar refractivity (Wildman–Crippen MR) is 49.3 cm³/mol. The van der Waals surface area contributed by atoms with E-state index in [4.69, 9.17) is 4.74 Å². The van der Waals surface area contributed by atoms with Crippen molar-refractivity contribution in [2.45, 2.75) is 31.5 Å². The van der Waals surface area contributed by atoms with Crippen LogP contribution in [0.15, 0.2) is 18.5 Å². The van der Waals surface area contributed by atoms with Crippen molar-refractivity contribution in [2.24, 2.45) is 0 Å². The molecule has 2 atom stereocenters. The maximum atomic E-state index is 9.89. The van der Waals surface area contributed by atoms with Gasteiger partial charge in [0, 0.05) is 24.6 Å². The van der Waals surface area contributed by atoms with Crippen LogP contribution in [0.3, 0.4) is 0 Å². The highest BCUT2D eigenvalue weighted by Crippen LogP contribution is 2.25. The number of H-pyrrole nitrogens is 1. The van der Waals surface area contributed by atoms with Crippen molar-refractivity contribution >= 4 is 0 Å². The fourth-order valence-corrected chi connectivity index (χ4v) is 1.75. The normalized spacial score (nSPS) is 25.8. The molecule has 2 N–H and O–H groups in total. The Morgan fingerprint density at radius 3 is 3.08 bits per heavy atom. The first-order chi connectivity index (χ1) is 6.38. The number of hydrogen-bond donors (Lipinski definition) is 2. The van der Waals surface area contributed by atoms with Gasteiger partial charge < -0.3 is 14.8 Å². The molecule has 0 aliphatic carbocycles. The first kappa shape index (κ1) is 8.78. The van der Waals surface area contributed by atoms with Crippen LogP contribution >= 0.6 is 0 Å². The van der Waals surface area contributed by atoms with Gasteiger partial charge in [0.05, 0.1) is 6.10 Å². The molecule has 0 saturated carbocycles. The molecule has 0 bridgehead atoms. The molecular weight excluding hydrogens is 166 g/mol. The molecule has 1 aromatic heterocycles. The Labute approximate surface area is 77.7 Å². The van der Waals surface area contributed by atoms with Gasteiger partial charge in [-0.1, -0.05) is 0 Å². The molecule has 0 radical (unpaired) electrons. The molecule has 1 aliphatic heterocycles. The van der Waals surface area contributed by atoms with Crippen molar-refractivity contribution in [3.8, 4) is 0 Å². The summed E-state index contributed by atoms with van der Waals surface area (Å²) in [5.74, 6) is 0. The second-order valence-electron chi connectivity index (χ2n) is 3.49. The Morgan fingerprint density at radius 1 is 1.54 bits per heavy atom. The number of aliphatic hydroxyl groups excluding tert-OH is 1. The van der Waals surface area contributed by atoms with Crippen LogP contribution in [0.5, 0.6) is 0 Å². The van der Waals surface area contributed by atoms with Crippen LogP contribution in [-0.2, 0) is 4.74 Å². The highest BCUT2D eigenvalue weighted by molar-refractivity contribution is 5.13. The second-order valence-corrected chi connectivity index (χ2v) is 3.49. The predicted octanol–water partition coefficient (Wildman–Crippen LogP) is 1.62. The molecule has 0 amide bonds. The Balaban J connectivity index is 1.99. The third kappa shape index (κ3) is 1.92. The number of ether oxygens (including phenoxy) is 1. The Bertz CT molecular complexity index is 239. The van der Waals surface area contributed by atoms with Gasteiger partial charge in [-0.15, -0.1) is 0 Å². The van der Waals surface area contributed by atoms with E-state index in [0.29, 0.717) is 0 Å². The second kappa shape index (κ2) is 3.94. The monoisotopic (exact) mass is 181 g/mol. The van der Waals surface area contributed by atoms with Gasteiger partial charge in [0.1, 0.15) is 6.10 Å². The van der Waals surface area contributed by atoms with Crippen molar-refractivity contribution in [3.63, 3.8) is 0 Å². The van der Waals surface area contributed by atoms with Gasteiger partial charge in [-0.25, -0.2) is 0 Å². The van der Waals surface area contributed by atoms with Crippen molar-refractivity contribution < 1.29 is 9.84 Å². The van der Waals surface area contributed by atoms with Crippen LogP contribution < -0.4 is 0 Å². The van der Waals surface area contributed by atoms with E-state index in [1.54, 1.807) is 0 Å². The third-order valence-electron chi connectivity index (χ3n) is 2.53. The lowest BCUT2D eigenvalue weighted by molar-refractivity contribution is -0.0632. The van der Waals surface area contributed by atoms with E-state index in [-0.39, 0.29) is 6.10 Å². The van der Waals surface area contributed by atoms with E-state index in [1.807, 2.05) is 18.5 Å². The molecule has 2 rings (SSSR count). The first-order valence-electron chi connectivity index (χ1n) is 4.80. The minimum absolute atomic E-state index is 0.00968. The molecule has 3 heteroatoms. The maximum absolute atomic E-state index is 9.89. The average Bonchev–Trinajstić information content (AvgIpc) is 2.71. The van der Waals surface area contributed by atoms with Gasteiger partial charge in [0.15, 0.2) is 0 Å². The summed E-state index contributed by atoms with van der Waals surface area (Å²) in [6, 6.07) is 1.89. The standard InChI is InChI=1S/C10H15NO2/c12-10(8-4-5-11-7-8)9-3-1-2-6-13-9/h4-5,7,9-12H,1-3,6H2. The zero-order chi connectivity index (χ0) is 9.10. The Hall–Kier alpha value is -0.800. The van der Waals surface area contributed by atoms with E-state index < -0.39 is 6.10 Å².